The van der Waals surface area contributed by atoms with Crippen LogP contribution in [0, 0.1) is 35.5 Å². The van der Waals surface area contributed by atoms with E-state index in [4.69, 9.17) is 9.47 Å². The highest BCUT2D eigenvalue weighted by Gasteiger charge is 2.32. The minimum Gasteiger partial charge on any atom is -0.458 e. The number of allylic oxidation sites excluding steroid dienone is 4. The fraction of sp³-hybridized carbons (Fsp3) is 0.636. The zero-order valence-electron chi connectivity index (χ0n) is 25.5. The Hall–Kier alpha value is -2.68. The summed E-state index contributed by atoms with van der Waals surface area (Å²) in [5.41, 5.74) is 0. The molecule has 0 saturated carbocycles. The number of carbonyl (C=O) groups excluding carboxylic acids is 1. The van der Waals surface area contributed by atoms with Crippen LogP contribution in [0.2, 0.25) is 0 Å². The molecule has 0 aliphatic carbocycles. The third-order valence-electron chi connectivity index (χ3n) is 7.98. The summed E-state index contributed by atoms with van der Waals surface area (Å²) in [5.74, 6) is -1.60. The van der Waals surface area contributed by atoms with Gasteiger partial charge in [0.25, 0.3) is 0 Å². The van der Waals surface area contributed by atoms with Crippen LogP contribution >= 0.6 is 0 Å². The molecule has 0 unspecified atom stereocenters. The van der Waals surface area contributed by atoms with Crippen LogP contribution in [0.5, 0.6) is 0 Å². The zero-order valence-corrected chi connectivity index (χ0v) is 25.5. The smallest absolute Gasteiger partial charge is 0.458 e. The summed E-state index contributed by atoms with van der Waals surface area (Å²) in [6, 6.07) is 0. The fourth-order valence-electron chi connectivity index (χ4n) is 5.37. The predicted molar refractivity (Wildman–Crippen MR) is 161 cm³/mol. The van der Waals surface area contributed by atoms with Gasteiger partial charge in [0, 0.05) is 36.2 Å². The standard InChI is InChI=1S/C33H52O8/c1-8-9-12-23(4)32-26(7)28(35)18-15-21(2)19-25(6)31(41-33(38)39)24(5)16-17-27(34)20-29(36)22(3)13-10-11-14-30(37)40-32/h8-14,16-17,21-29,31-32,34-36H,1,15,18-20H2,2-7H3,(H,38,39)/b12-9-,13-10+,14-11-,17-16-/t21-,22+,23-,24-,25-,26-,27+,28+,29-,31-,32-/m0/s1. The molecule has 0 aromatic carbocycles. The quantitative estimate of drug-likeness (QED) is 0.186. The van der Waals surface area contributed by atoms with Crippen molar-refractivity contribution < 1.29 is 39.5 Å². The van der Waals surface area contributed by atoms with Crippen molar-refractivity contribution in [3.63, 3.8) is 0 Å². The minimum atomic E-state index is -1.36. The van der Waals surface area contributed by atoms with Crippen molar-refractivity contribution in [2.75, 3.05) is 0 Å². The molecule has 0 aromatic rings. The molecule has 4 N–H and O–H groups in total. The normalized spacial score (nSPS) is 38.4. The molecular formula is C33H52O8. The van der Waals surface area contributed by atoms with Crippen molar-refractivity contribution in [2.24, 2.45) is 35.5 Å². The number of rotatable bonds is 4. The summed E-state index contributed by atoms with van der Waals surface area (Å²) < 4.78 is 11.1. The van der Waals surface area contributed by atoms with Gasteiger partial charge in [-0.05, 0) is 31.1 Å². The van der Waals surface area contributed by atoms with Crippen molar-refractivity contribution >= 4 is 12.1 Å². The maximum atomic E-state index is 12.7. The summed E-state index contributed by atoms with van der Waals surface area (Å²) in [6.07, 6.45) is 11.8. The average Bonchev–Trinajstić information content (AvgIpc) is 2.91. The van der Waals surface area contributed by atoms with Crippen LogP contribution < -0.4 is 0 Å². The van der Waals surface area contributed by atoms with Crippen LogP contribution in [0.4, 0.5) is 4.79 Å². The second kappa shape index (κ2) is 18.7. The molecule has 232 valence electrons. The summed E-state index contributed by atoms with van der Waals surface area (Å²) in [7, 11) is 0. The maximum Gasteiger partial charge on any atom is 0.506 e. The van der Waals surface area contributed by atoms with Gasteiger partial charge in [0.15, 0.2) is 0 Å². The number of esters is 1. The van der Waals surface area contributed by atoms with E-state index in [1.165, 1.54) is 6.08 Å². The highest BCUT2D eigenvalue weighted by atomic mass is 16.7. The molecule has 0 fully saturated rings. The zero-order chi connectivity index (χ0) is 31.1. The van der Waals surface area contributed by atoms with Crippen molar-refractivity contribution in [1.29, 1.82) is 0 Å². The Balaban J connectivity index is 3.28. The van der Waals surface area contributed by atoms with E-state index in [9.17, 15) is 30.0 Å². The molecule has 0 saturated heterocycles. The van der Waals surface area contributed by atoms with Gasteiger partial charge < -0.3 is 29.9 Å². The Morgan fingerprint density at radius 3 is 2.32 bits per heavy atom. The highest BCUT2D eigenvalue weighted by Crippen LogP contribution is 2.29. The monoisotopic (exact) mass is 576 g/mol. The summed E-state index contributed by atoms with van der Waals surface area (Å²) in [5, 5.41) is 41.5. The number of carboxylic acid groups (broad SMARTS) is 1. The van der Waals surface area contributed by atoms with Crippen LogP contribution in [-0.2, 0) is 14.3 Å². The Labute approximate surface area is 246 Å². The topological polar surface area (TPSA) is 134 Å². The minimum absolute atomic E-state index is 0.0928. The first-order chi connectivity index (χ1) is 19.3. The van der Waals surface area contributed by atoms with Crippen LogP contribution in [-0.4, -0.2) is 63.1 Å². The van der Waals surface area contributed by atoms with E-state index < -0.39 is 42.6 Å². The van der Waals surface area contributed by atoms with Gasteiger partial charge in [0.05, 0.1) is 18.3 Å². The van der Waals surface area contributed by atoms with E-state index in [0.29, 0.717) is 19.3 Å². The molecule has 0 amide bonds. The lowest BCUT2D eigenvalue weighted by Gasteiger charge is -2.32. The third-order valence-corrected chi connectivity index (χ3v) is 7.98. The van der Waals surface area contributed by atoms with Crippen molar-refractivity contribution in [3.8, 4) is 0 Å². The maximum absolute atomic E-state index is 12.7. The number of hydrogen-bond donors (Lipinski definition) is 4. The number of cyclic esters (lactones) is 1. The molecule has 0 bridgehead atoms. The number of hydrogen-bond acceptors (Lipinski definition) is 7. The molecule has 1 aliphatic rings. The predicted octanol–water partition coefficient (Wildman–Crippen LogP) is 5.85. The SMILES string of the molecule is C=C/C=C\[C@H](C)[C@@H]1OC(=O)/C=C\C=C\[C@@H](C)[C@@H](O)C[C@H](O)/C=C\[C@H](C)[C@H](OC(=O)O)[C@@H](C)C[C@@H](C)CC[C@@H](O)[C@@H]1C. The van der Waals surface area contributed by atoms with E-state index >= 15 is 0 Å². The highest BCUT2D eigenvalue weighted by molar-refractivity contribution is 5.82. The van der Waals surface area contributed by atoms with Gasteiger partial charge >= 0.3 is 12.1 Å². The molecule has 1 rings (SSSR count). The lowest BCUT2D eigenvalue weighted by atomic mass is 9.82. The first-order valence-electron chi connectivity index (χ1n) is 14.7. The molecule has 41 heavy (non-hydrogen) atoms. The lowest BCUT2D eigenvalue weighted by molar-refractivity contribution is -0.150. The van der Waals surface area contributed by atoms with E-state index in [0.717, 1.165) is 0 Å². The van der Waals surface area contributed by atoms with E-state index in [-0.39, 0.29) is 41.9 Å². The third kappa shape index (κ3) is 13.7. The second-order valence-electron chi connectivity index (χ2n) is 11.8. The molecule has 0 spiro atoms. The fourth-order valence-corrected chi connectivity index (χ4v) is 5.37. The van der Waals surface area contributed by atoms with Gasteiger partial charge in [-0.25, -0.2) is 9.59 Å². The largest absolute Gasteiger partial charge is 0.506 e. The van der Waals surface area contributed by atoms with Crippen molar-refractivity contribution in [3.05, 3.63) is 61.3 Å². The number of aliphatic hydroxyl groups is 3. The number of aliphatic hydroxyl groups excluding tert-OH is 3. The Morgan fingerprint density at radius 2 is 1.68 bits per heavy atom. The van der Waals surface area contributed by atoms with Gasteiger partial charge in [-0.2, -0.15) is 0 Å². The number of ether oxygens (including phenoxy) is 2. The molecule has 11 atom stereocenters. The van der Waals surface area contributed by atoms with Gasteiger partial charge in [0.2, 0.25) is 0 Å². The molecule has 0 radical (unpaired) electrons. The van der Waals surface area contributed by atoms with Crippen molar-refractivity contribution in [2.45, 2.75) is 97.7 Å². The molecule has 0 aromatic heterocycles. The Morgan fingerprint density at radius 1 is 1.00 bits per heavy atom. The Kier molecular flexibility index (Phi) is 16.6. The molecular weight excluding hydrogens is 524 g/mol. The number of carbonyl (C=O) groups is 2. The average molecular weight is 577 g/mol. The van der Waals surface area contributed by atoms with Crippen molar-refractivity contribution in [1.82, 2.24) is 0 Å². The summed E-state index contributed by atoms with van der Waals surface area (Å²) in [6.45, 7) is 15.1. The van der Waals surface area contributed by atoms with Crippen LogP contribution in [0.25, 0.3) is 0 Å². The first-order valence-corrected chi connectivity index (χ1v) is 14.7. The first kappa shape index (κ1) is 36.3. The van der Waals surface area contributed by atoms with Gasteiger partial charge in [-0.3, -0.25) is 0 Å². The lowest BCUT2D eigenvalue weighted by Crippen LogP contribution is -2.37. The van der Waals surface area contributed by atoms with Gasteiger partial charge in [0.1, 0.15) is 12.2 Å². The molecule has 8 nitrogen and oxygen atoms in total. The van der Waals surface area contributed by atoms with E-state index in [1.54, 1.807) is 49.5 Å². The van der Waals surface area contributed by atoms with Crippen LogP contribution in [0.3, 0.4) is 0 Å². The van der Waals surface area contributed by atoms with Gasteiger partial charge in [-0.15, -0.1) is 0 Å². The van der Waals surface area contributed by atoms with Crippen LogP contribution in [0.15, 0.2) is 61.3 Å². The molecule has 1 heterocycles. The van der Waals surface area contributed by atoms with Gasteiger partial charge in [-0.1, -0.05) is 96.7 Å². The summed E-state index contributed by atoms with van der Waals surface area (Å²) >= 11 is 0. The Bertz CT molecular complexity index is 922. The van der Waals surface area contributed by atoms with Crippen LogP contribution in [0.1, 0.15) is 67.2 Å². The van der Waals surface area contributed by atoms with E-state index in [1.807, 2.05) is 33.8 Å². The second-order valence-corrected chi connectivity index (χ2v) is 11.8. The van der Waals surface area contributed by atoms with E-state index in [2.05, 4.69) is 13.5 Å². The molecule has 1 aliphatic heterocycles. The molecule has 8 heteroatoms. The summed E-state index contributed by atoms with van der Waals surface area (Å²) in [4.78, 5) is 24.1.